The summed E-state index contributed by atoms with van der Waals surface area (Å²) in [6.45, 7) is 6.57. The number of carbonyl (C=O) groups is 2. The number of nitrogens with zero attached hydrogens (tertiary/aromatic N) is 3. The SMILES string of the molecule is CC(=O)N(CCC(=O)N1CCN(Cc2ccccc2)CC1)C1CCCCC1. The van der Waals surface area contributed by atoms with Crippen LogP contribution in [0.2, 0.25) is 0 Å². The van der Waals surface area contributed by atoms with Gasteiger partial charge in [0, 0.05) is 58.7 Å². The lowest BCUT2D eigenvalue weighted by Gasteiger charge is -2.36. The van der Waals surface area contributed by atoms with E-state index in [4.69, 9.17) is 0 Å². The van der Waals surface area contributed by atoms with Crippen LogP contribution in [0.4, 0.5) is 0 Å². The van der Waals surface area contributed by atoms with Gasteiger partial charge in [-0.2, -0.15) is 0 Å². The summed E-state index contributed by atoms with van der Waals surface area (Å²) in [5.41, 5.74) is 1.32. The van der Waals surface area contributed by atoms with Crippen LogP contribution in [0, 0.1) is 0 Å². The van der Waals surface area contributed by atoms with E-state index in [1.54, 1.807) is 6.92 Å². The molecule has 1 aliphatic carbocycles. The van der Waals surface area contributed by atoms with Gasteiger partial charge in [-0.05, 0) is 18.4 Å². The maximum absolute atomic E-state index is 12.6. The van der Waals surface area contributed by atoms with Crippen LogP contribution in [-0.2, 0) is 16.1 Å². The molecule has 0 bridgehead atoms. The molecular weight excluding hydrogens is 338 g/mol. The van der Waals surface area contributed by atoms with Crippen LogP contribution in [-0.4, -0.2) is 65.3 Å². The van der Waals surface area contributed by atoms with Gasteiger partial charge >= 0.3 is 0 Å². The Morgan fingerprint density at radius 1 is 1.00 bits per heavy atom. The number of benzene rings is 1. The van der Waals surface area contributed by atoms with Gasteiger partial charge in [-0.25, -0.2) is 0 Å². The van der Waals surface area contributed by atoms with Crippen LogP contribution in [0.1, 0.15) is 51.0 Å². The molecule has 5 heteroatoms. The number of hydrogen-bond donors (Lipinski definition) is 0. The molecule has 1 aromatic carbocycles. The molecule has 2 amide bonds. The molecule has 1 saturated carbocycles. The summed E-state index contributed by atoms with van der Waals surface area (Å²) in [7, 11) is 0. The maximum Gasteiger partial charge on any atom is 0.224 e. The van der Waals surface area contributed by atoms with Crippen LogP contribution in [0.3, 0.4) is 0 Å². The summed E-state index contributed by atoms with van der Waals surface area (Å²) in [4.78, 5) is 31.0. The van der Waals surface area contributed by atoms with E-state index in [1.165, 1.54) is 24.8 Å². The van der Waals surface area contributed by atoms with Gasteiger partial charge in [-0.1, -0.05) is 49.6 Å². The zero-order chi connectivity index (χ0) is 19.1. The lowest BCUT2D eigenvalue weighted by Crippen LogP contribution is -2.49. The van der Waals surface area contributed by atoms with E-state index in [-0.39, 0.29) is 11.8 Å². The van der Waals surface area contributed by atoms with Crippen LogP contribution in [0.15, 0.2) is 30.3 Å². The van der Waals surface area contributed by atoms with Gasteiger partial charge in [0.15, 0.2) is 0 Å². The molecule has 1 aliphatic heterocycles. The number of amides is 2. The Labute approximate surface area is 163 Å². The number of rotatable bonds is 6. The van der Waals surface area contributed by atoms with Crippen molar-refractivity contribution in [1.82, 2.24) is 14.7 Å². The number of piperazine rings is 1. The highest BCUT2D eigenvalue weighted by Crippen LogP contribution is 2.23. The van der Waals surface area contributed by atoms with E-state index in [0.717, 1.165) is 45.6 Å². The Bertz CT molecular complexity index is 605. The van der Waals surface area contributed by atoms with Crippen molar-refractivity contribution < 1.29 is 9.59 Å². The minimum absolute atomic E-state index is 0.113. The van der Waals surface area contributed by atoms with Crippen molar-refractivity contribution in [2.45, 2.75) is 58.0 Å². The molecule has 0 radical (unpaired) electrons. The summed E-state index contributed by atoms with van der Waals surface area (Å²) in [6, 6.07) is 10.8. The second kappa shape index (κ2) is 9.88. The average Bonchev–Trinajstić information content (AvgIpc) is 2.70. The third kappa shape index (κ3) is 5.80. The third-order valence-corrected chi connectivity index (χ3v) is 5.96. The Kier molecular flexibility index (Phi) is 7.27. The highest BCUT2D eigenvalue weighted by molar-refractivity contribution is 5.78. The normalized spacial score (nSPS) is 19.1. The van der Waals surface area contributed by atoms with Crippen LogP contribution in [0.25, 0.3) is 0 Å². The molecule has 1 aromatic rings. The van der Waals surface area contributed by atoms with Crippen LogP contribution < -0.4 is 0 Å². The zero-order valence-corrected chi connectivity index (χ0v) is 16.6. The van der Waals surface area contributed by atoms with E-state index in [9.17, 15) is 9.59 Å². The summed E-state index contributed by atoms with van der Waals surface area (Å²) in [5.74, 6) is 0.304. The summed E-state index contributed by atoms with van der Waals surface area (Å²) < 4.78 is 0. The van der Waals surface area contributed by atoms with E-state index in [0.29, 0.717) is 19.0 Å². The topological polar surface area (TPSA) is 43.9 Å². The van der Waals surface area contributed by atoms with Crippen molar-refractivity contribution in [1.29, 1.82) is 0 Å². The predicted molar refractivity (Wildman–Crippen MR) is 107 cm³/mol. The molecule has 1 saturated heterocycles. The first kappa shape index (κ1) is 19.9. The van der Waals surface area contributed by atoms with E-state index < -0.39 is 0 Å². The fraction of sp³-hybridized carbons (Fsp3) is 0.636. The predicted octanol–water partition coefficient (Wildman–Crippen LogP) is 2.90. The highest BCUT2D eigenvalue weighted by atomic mass is 16.2. The lowest BCUT2D eigenvalue weighted by atomic mass is 9.94. The van der Waals surface area contributed by atoms with Gasteiger partial charge in [0.2, 0.25) is 11.8 Å². The first-order valence-corrected chi connectivity index (χ1v) is 10.4. The molecular formula is C22H33N3O2. The molecule has 0 aromatic heterocycles. The molecule has 0 atom stereocenters. The van der Waals surface area contributed by atoms with Crippen molar-refractivity contribution in [3.05, 3.63) is 35.9 Å². The molecule has 0 unspecified atom stereocenters. The first-order chi connectivity index (χ1) is 13.1. The average molecular weight is 372 g/mol. The van der Waals surface area contributed by atoms with Crippen molar-refractivity contribution in [3.8, 4) is 0 Å². The molecule has 0 N–H and O–H groups in total. The largest absolute Gasteiger partial charge is 0.340 e. The Hall–Kier alpha value is -1.88. The monoisotopic (exact) mass is 371 g/mol. The fourth-order valence-corrected chi connectivity index (χ4v) is 4.36. The van der Waals surface area contributed by atoms with Crippen molar-refractivity contribution in [2.75, 3.05) is 32.7 Å². The van der Waals surface area contributed by atoms with Gasteiger partial charge in [-0.15, -0.1) is 0 Å². The minimum Gasteiger partial charge on any atom is -0.340 e. The van der Waals surface area contributed by atoms with Crippen molar-refractivity contribution in [3.63, 3.8) is 0 Å². The zero-order valence-electron chi connectivity index (χ0n) is 16.6. The third-order valence-electron chi connectivity index (χ3n) is 5.96. The van der Waals surface area contributed by atoms with E-state index in [2.05, 4.69) is 29.2 Å². The molecule has 0 spiro atoms. The number of hydrogen-bond acceptors (Lipinski definition) is 3. The quantitative estimate of drug-likeness (QED) is 0.772. The number of carbonyl (C=O) groups excluding carboxylic acids is 2. The minimum atomic E-state index is 0.113. The molecule has 148 valence electrons. The van der Waals surface area contributed by atoms with Gasteiger partial charge < -0.3 is 9.80 Å². The lowest BCUT2D eigenvalue weighted by molar-refractivity contribution is -0.136. The van der Waals surface area contributed by atoms with E-state index >= 15 is 0 Å². The van der Waals surface area contributed by atoms with Crippen LogP contribution >= 0.6 is 0 Å². The summed E-state index contributed by atoms with van der Waals surface area (Å²) in [6.07, 6.45) is 6.30. The van der Waals surface area contributed by atoms with Gasteiger partial charge in [-0.3, -0.25) is 14.5 Å². The Morgan fingerprint density at radius 2 is 1.67 bits per heavy atom. The van der Waals surface area contributed by atoms with E-state index in [1.807, 2.05) is 15.9 Å². The molecule has 27 heavy (non-hydrogen) atoms. The van der Waals surface area contributed by atoms with Crippen molar-refractivity contribution in [2.24, 2.45) is 0 Å². The second-order valence-corrected chi connectivity index (χ2v) is 7.90. The molecule has 2 aliphatic rings. The highest BCUT2D eigenvalue weighted by Gasteiger charge is 2.26. The fourth-order valence-electron chi connectivity index (χ4n) is 4.36. The van der Waals surface area contributed by atoms with Gasteiger partial charge in [0.1, 0.15) is 0 Å². The molecule has 1 heterocycles. The first-order valence-electron chi connectivity index (χ1n) is 10.4. The standard InChI is InChI=1S/C22H33N3O2/c1-19(26)25(21-10-6-3-7-11-21)13-12-22(27)24-16-14-23(15-17-24)18-20-8-4-2-5-9-20/h2,4-5,8-9,21H,3,6-7,10-18H2,1H3. The van der Waals surface area contributed by atoms with Gasteiger partial charge in [0.05, 0.1) is 0 Å². The Balaban J connectivity index is 1.42. The molecule has 3 rings (SSSR count). The molecule has 5 nitrogen and oxygen atoms in total. The second-order valence-electron chi connectivity index (χ2n) is 7.90. The van der Waals surface area contributed by atoms with Crippen molar-refractivity contribution >= 4 is 11.8 Å². The maximum atomic E-state index is 12.6. The van der Waals surface area contributed by atoms with Crippen LogP contribution in [0.5, 0.6) is 0 Å². The Morgan fingerprint density at radius 3 is 2.30 bits per heavy atom. The summed E-state index contributed by atoms with van der Waals surface area (Å²) >= 11 is 0. The summed E-state index contributed by atoms with van der Waals surface area (Å²) in [5, 5.41) is 0. The molecule has 2 fully saturated rings. The smallest absolute Gasteiger partial charge is 0.224 e. The van der Waals surface area contributed by atoms with Gasteiger partial charge in [0.25, 0.3) is 0 Å².